The van der Waals surface area contributed by atoms with Gasteiger partial charge in [-0.1, -0.05) is 0 Å². The predicted octanol–water partition coefficient (Wildman–Crippen LogP) is 3.26. The zero-order valence-electron chi connectivity index (χ0n) is 15.5. The number of amides is 1. The Morgan fingerprint density at radius 2 is 1.89 bits per heavy atom. The predicted molar refractivity (Wildman–Crippen MR) is 103 cm³/mol. The molecule has 0 unspecified atom stereocenters. The first kappa shape index (κ1) is 16.4. The first-order valence-corrected chi connectivity index (χ1v) is 9.73. The quantitative estimate of drug-likeness (QED) is 0.718. The highest BCUT2D eigenvalue weighted by atomic mass is 16.2. The number of nitrogens with zero attached hydrogens (tertiary/aromatic N) is 5. The van der Waals surface area contributed by atoms with Crippen LogP contribution < -0.4 is 0 Å². The van der Waals surface area contributed by atoms with Crippen LogP contribution in [0.25, 0.3) is 11.0 Å². The van der Waals surface area contributed by atoms with Crippen molar-refractivity contribution in [2.24, 2.45) is 7.05 Å². The molecule has 1 amide bonds. The minimum absolute atomic E-state index is 0.0230. The molecule has 0 N–H and O–H groups in total. The molecule has 4 heterocycles. The number of rotatable bonds is 3. The summed E-state index contributed by atoms with van der Waals surface area (Å²) in [5.41, 5.74) is 3.80. The molecule has 5 rings (SSSR count). The van der Waals surface area contributed by atoms with Gasteiger partial charge in [-0.05, 0) is 61.4 Å². The van der Waals surface area contributed by atoms with Gasteiger partial charge in [-0.2, -0.15) is 5.10 Å². The van der Waals surface area contributed by atoms with E-state index in [-0.39, 0.29) is 5.91 Å². The van der Waals surface area contributed by atoms with E-state index >= 15 is 0 Å². The Bertz CT molecular complexity index is 999. The summed E-state index contributed by atoms with van der Waals surface area (Å²) in [5.74, 6) is 1.12. The molecule has 0 radical (unpaired) electrons. The fourth-order valence-corrected chi connectivity index (χ4v) is 3.98. The van der Waals surface area contributed by atoms with Gasteiger partial charge in [-0.3, -0.25) is 9.48 Å². The average molecular weight is 361 g/mol. The Kier molecular flexibility index (Phi) is 3.92. The van der Waals surface area contributed by atoms with Crippen LogP contribution >= 0.6 is 0 Å². The van der Waals surface area contributed by atoms with E-state index in [2.05, 4.69) is 28.3 Å². The Morgan fingerprint density at radius 3 is 2.59 bits per heavy atom. The maximum Gasteiger partial charge on any atom is 0.274 e. The summed E-state index contributed by atoms with van der Waals surface area (Å²) in [7, 11) is 1.83. The Balaban J connectivity index is 1.28. The summed E-state index contributed by atoms with van der Waals surface area (Å²) in [5, 5.41) is 5.36. The van der Waals surface area contributed by atoms with Crippen molar-refractivity contribution in [3.05, 3.63) is 53.6 Å². The molecule has 0 aromatic carbocycles. The molecule has 27 heavy (non-hydrogen) atoms. The summed E-state index contributed by atoms with van der Waals surface area (Å²) in [6.07, 6.45) is 8.23. The molecule has 2 fully saturated rings. The highest BCUT2D eigenvalue weighted by molar-refractivity contribution is 5.92. The minimum Gasteiger partial charge on any atom is -0.337 e. The van der Waals surface area contributed by atoms with Gasteiger partial charge in [0.05, 0.1) is 0 Å². The van der Waals surface area contributed by atoms with Gasteiger partial charge >= 0.3 is 0 Å². The number of hydrogen-bond donors (Lipinski definition) is 0. The largest absolute Gasteiger partial charge is 0.337 e. The van der Waals surface area contributed by atoms with Crippen molar-refractivity contribution in [3.63, 3.8) is 0 Å². The number of aromatic nitrogens is 4. The molecule has 2 aliphatic rings. The van der Waals surface area contributed by atoms with Gasteiger partial charge in [0.2, 0.25) is 0 Å². The van der Waals surface area contributed by atoms with Crippen molar-refractivity contribution in [1.29, 1.82) is 0 Å². The number of hydrogen-bond acceptors (Lipinski definition) is 4. The van der Waals surface area contributed by atoms with Crippen LogP contribution in [-0.4, -0.2) is 43.6 Å². The SMILES string of the molecule is Cn1ccc(C(=O)N2CCC(c3ccc4cc(C5CC5)cnc4n3)CC2)n1. The monoisotopic (exact) mass is 361 g/mol. The second-order valence-electron chi connectivity index (χ2n) is 7.77. The molecule has 1 aliphatic heterocycles. The van der Waals surface area contributed by atoms with E-state index in [9.17, 15) is 4.79 Å². The van der Waals surface area contributed by atoms with Crippen LogP contribution in [0.3, 0.4) is 0 Å². The number of fused-ring (bicyclic) bond motifs is 1. The van der Waals surface area contributed by atoms with Crippen molar-refractivity contribution in [1.82, 2.24) is 24.6 Å². The van der Waals surface area contributed by atoms with Crippen LogP contribution in [0.1, 0.15) is 59.3 Å². The second kappa shape index (κ2) is 6.44. The van der Waals surface area contributed by atoms with Gasteiger partial charge in [0.25, 0.3) is 5.91 Å². The maximum atomic E-state index is 12.5. The van der Waals surface area contributed by atoms with E-state index in [1.54, 1.807) is 16.9 Å². The summed E-state index contributed by atoms with van der Waals surface area (Å²) >= 11 is 0. The van der Waals surface area contributed by atoms with Crippen LogP contribution in [0.5, 0.6) is 0 Å². The van der Waals surface area contributed by atoms with E-state index in [1.165, 1.54) is 18.4 Å². The standard InChI is InChI=1S/C21H23N5O/c1-25-9-8-19(24-25)21(27)26-10-6-15(7-11-26)18-5-4-16-12-17(14-2-3-14)13-22-20(16)23-18/h4-5,8-9,12-15H,2-3,6-7,10-11H2,1H3. The lowest BCUT2D eigenvalue weighted by molar-refractivity contribution is 0.0705. The number of carbonyl (C=O) groups is 1. The number of piperidine rings is 1. The van der Waals surface area contributed by atoms with Crippen LogP contribution in [0.2, 0.25) is 0 Å². The zero-order valence-corrected chi connectivity index (χ0v) is 15.5. The van der Waals surface area contributed by atoms with Gasteiger partial charge in [0, 0.05) is 49.5 Å². The lowest BCUT2D eigenvalue weighted by atomic mass is 9.92. The molecule has 138 valence electrons. The summed E-state index contributed by atoms with van der Waals surface area (Å²) < 4.78 is 1.67. The smallest absolute Gasteiger partial charge is 0.274 e. The third-order valence-corrected chi connectivity index (χ3v) is 5.77. The van der Waals surface area contributed by atoms with Crippen LogP contribution in [0.15, 0.2) is 36.7 Å². The number of aryl methyl sites for hydroxylation is 1. The number of pyridine rings is 2. The van der Waals surface area contributed by atoms with Crippen molar-refractivity contribution in [3.8, 4) is 0 Å². The molecule has 1 saturated heterocycles. The van der Waals surface area contributed by atoms with Gasteiger partial charge in [-0.15, -0.1) is 0 Å². The molecular formula is C21H23N5O. The minimum atomic E-state index is 0.0230. The normalized spacial score (nSPS) is 18.2. The molecule has 6 heteroatoms. The molecule has 0 bridgehead atoms. The third-order valence-electron chi connectivity index (χ3n) is 5.77. The van der Waals surface area contributed by atoms with Gasteiger partial charge in [-0.25, -0.2) is 9.97 Å². The number of likely N-dealkylation sites (tertiary alicyclic amines) is 1. The van der Waals surface area contributed by atoms with Gasteiger partial charge in [0.1, 0.15) is 5.69 Å². The fourth-order valence-electron chi connectivity index (χ4n) is 3.98. The van der Waals surface area contributed by atoms with Crippen LogP contribution in [0.4, 0.5) is 0 Å². The summed E-state index contributed by atoms with van der Waals surface area (Å²) in [6.45, 7) is 1.49. The van der Waals surface area contributed by atoms with Crippen molar-refractivity contribution in [2.75, 3.05) is 13.1 Å². The topological polar surface area (TPSA) is 63.9 Å². The first-order valence-electron chi connectivity index (χ1n) is 9.73. The van der Waals surface area contributed by atoms with E-state index in [0.29, 0.717) is 17.5 Å². The molecule has 1 aliphatic carbocycles. The van der Waals surface area contributed by atoms with E-state index in [0.717, 1.165) is 42.7 Å². The molecule has 3 aromatic heterocycles. The zero-order chi connectivity index (χ0) is 18.4. The Hall–Kier alpha value is -2.76. The molecule has 3 aromatic rings. The molecule has 6 nitrogen and oxygen atoms in total. The summed E-state index contributed by atoms with van der Waals surface area (Å²) in [4.78, 5) is 23.9. The third kappa shape index (κ3) is 3.20. The van der Waals surface area contributed by atoms with Crippen LogP contribution in [0, 0.1) is 0 Å². The molecular weight excluding hydrogens is 338 g/mol. The van der Waals surface area contributed by atoms with E-state index in [4.69, 9.17) is 4.98 Å². The second-order valence-corrected chi connectivity index (χ2v) is 7.77. The van der Waals surface area contributed by atoms with Crippen molar-refractivity contribution < 1.29 is 4.79 Å². The van der Waals surface area contributed by atoms with Crippen LogP contribution in [-0.2, 0) is 7.05 Å². The lowest BCUT2D eigenvalue weighted by Gasteiger charge is -2.31. The van der Waals surface area contributed by atoms with Gasteiger partial charge < -0.3 is 4.90 Å². The number of carbonyl (C=O) groups excluding carboxylic acids is 1. The van der Waals surface area contributed by atoms with E-state index < -0.39 is 0 Å². The fraction of sp³-hybridized carbons (Fsp3) is 0.429. The highest BCUT2D eigenvalue weighted by Gasteiger charge is 2.27. The van der Waals surface area contributed by atoms with E-state index in [1.807, 2.05) is 18.1 Å². The molecule has 0 atom stereocenters. The average Bonchev–Trinajstić information content (AvgIpc) is 3.47. The first-order chi connectivity index (χ1) is 13.2. The Morgan fingerprint density at radius 1 is 1.07 bits per heavy atom. The maximum absolute atomic E-state index is 12.5. The summed E-state index contributed by atoms with van der Waals surface area (Å²) in [6, 6.07) is 8.31. The lowest BCUT2D eigenvalue weighted by Crippen LogP contribution is -2.38. The highest BCUT2D eigenvalue weighted by Crippen LogP contribution is 2.40. The van der Waals surface area contributed by atoms with Crippen molar-refractivity contribution >= 4 is 16.9 Å². The van der Waals surface area contributed by atoms with Crippen molar-refractivity contribution in [2.45, 2.75) is 37.5 Å². The molecule has 0 spiro atoms. The van der Waals surface area contributed by atoms with Gasteiger partial charge in [0.15, 0.2) is 5.65 Å². The Labute approximate surface area is 158 Å². The molecule has 1 saturated carbocycles.